The van der Waals surface area contributed by atoms with E-state index < -0.39 is 28.8 Å². The molecule has 0 aliphatic heterocycles. The number of halogens is 4. The third kappa shape index (κ3) is 4.90. The quantitative estimate of drug-likeness (QED) is 0.216. The van der Waals surface area contributed by atoms with Crippen molar-refractivity contribution in [3.05, 3.63) is 67.8 Å². The van der Waals surface area contributed by atoms with Crippen LogP contribution in [0.5, 0.6) is 0 Å². The number of hydrogen-bond donors (Lipinski definition) is 1. The van der Waals surface area contributed by atoms with Crippen LogP contribution in [-0.4, -0.2) is 34.4 Å². The van der Waals surface area contributed by atoms with Gasteiger partial charge in [0.05, 0.1) is 40.1 Å². The molecule has 0 saturated heterocycles. The number of esters is 1. The fourth-order valence-corrected chi connectivity index (χ4v) is 6.89. The van der Waals surface area contributed by atoms with Crippen LogP contribution in [0.25, 0.3) is 21.5 Å². The van der Waals surface area contributed by atoms with Crippen molar-refractivity contribution in [2.45, 2.75) is 62.8 Å². The van der Waals surface area contributed by atoms with Crippen LogP contribution in [-0.2, 0) is 21.7 Å². The normalized spacial score (nSPS) is 21.2. The SMILES string of the molecule is COC(=O)c1c(F)cc2nc([C@]3(O)CC[C@@H](OCc4c(-c5c(Cl)cccc5Cl)noc4C4CC4)CC3)sc2c1F. The number of aromatic nitrogens is 2. The lowest BCUT2D eigenvalue weighted by atomic mass is 9.83. The number of methoxy groups -OCH3 is 1. The van der Waals surface area contributed by atoms with Crippen LogP contribution >= 0.6 is 34.5 Å². The second kappa shape index (κ2) is 10.6. The Bertz CT molecular complexity index is 1590. The van der Waals surface area contributed by atoms with Gasteiger partial charge >= 0.3 is 5.97 Å². The molecule has 1 N–H and O–H groups in total. The maximum absolute atomic E-state index is 15.0. The first-order valence-corrected chi connectivity index (χ1v) is 14.4. The van der Waals surface area contributed by atoms with Gasteiger partial charge in [0.1, 0.15) is 33.4 Å². The maximum atomic E-state index is 15.0. The maximum Gasteiger partial charge on any atom is 0.343 e. The van der Waals surface area contributed by atoms with Gasteiger partial charge in [-0.15, -0.1) is 11.3 Å². The average molecular weight is 609 g/mol. The predicted octanol–water partition coefficient (Wildman–Crippen LogP) is 7.55. The number of thiazole rings is 1. The van der Waals surface area contributed by atoms with Crippen molar-refractivity contribution >= 4 is 50.7 Å². The van der Waals surface area contributed by atoms with Crippen LogP contribution in [0.2, 0.25) is 10.0 Å². The van der Waals surface area contributed by atoms with Gasteiger partial charge in [-0.3, -0.25) is 0 Å². The Kier molecular flexibility index (Phi) is 7.33. The first-order valence-electron chi connectivity index (χ1n) is 12.8. The van der Waals surface area contributed by atoms with Gasteiger partial charge in [0.2, 0.25) is 0 Å². The fraction of sp³-hybridized carbons (Fsp3) is 0.393. The van der Waals surface area contributed by atoms with E-state index in [2.05, 4.69) is 14.9 Å². The standard InChI is InChI=1S/C28H24Cl2F2N2O5S/c1-37-26(35)21-18(31)11-19-25(22(21)32)40-27(33-19)28(36)9-7-14(8-10-28)38-12-15-23(34-39-24(15)13-5-6-13)20-16(29)3-2-4-17(20)30/h2-4,11,13-14,36H,5-10,12H2,1H3/t14-,28+. The minimum atomic E-state index is -1.33. The second-order valence-electron chi connectivity index (χ2n) is 10.2. The van der Waals surface area contributed by atoms with Crippen LogP contribution in [0.3, 0.4) is 0 Å². The molecule has 0 radical (unpaired) electrons. The van der Waals surface area contributed by atoms with Crippen molar-refractivity contribution in [2.75, 3.05) is 7.11 Å². The number of aliphatic hydroxyl groups is 1. The summed E-state index contributed by atoms with van der Waals surface area (Å²) < 4.78 is 45.9. The third-order valence-corrected chi connectivity index (χ3v) is 9.44. The molecule has 2 aliphatic rings. The summed E-state index contributed by atoms with van der Waals surface area (Å²) in [6, 6.07) is 6.25. The molecule has 0 bridgehead atoms. The molecule has 40 heavy (non-hydrogen) atoms. The van der Waals surface area contributed by atoms with Crippen molar-refractivity contribution in [3.8, 4) is 11.3 Å². The van der Waals surface area contributed by atoms with Gasteiger partial charge in [-0.25, -0.2) is 18.6 Å². The van der Waals surface area contributed by atoms with Crippen molar-refractivity contribution in [1.29, 1.82) is 0 Å². The van der Waals surface area contributed by atoms with E-state index in [9.17, 15) is 18.7 Å². The van der Waals surface area contributed by atoms with Crippen molar-refractivity contribution in [2.24, 2.45) is 0 Å². The van der Waals surface area contributed by atoms with Gasteiger partial charge in [0.15, 0.2) is 5.82 Å². The molecule has 0 unspecified atom stereocenters. The van der Waals surface area contributed by atoms with E-state index in [1.54, 1.807) is 18.2 Å². The summed E-state index contributed by atoms with van der Waals surface area (Å²) >= 11 is 13.8. The van der Waals surface area contributed by atoms with Gasteiger partial charge in [0.25, 0.3) is 0 Å². The van der Waals surface area contributed by atoms with Gasteiger partial charge in [-0.1, -0.05) is 34.4 Å². The van der Waals surface area contributed by atoms with E-state index >= 15 is 0 Å². The average Bonchev–Trinajstić information content (AvgIpc) is 3.54. The molecule has 12 heteroatoms. The molecular formula is C28H24Cl2F2N2O5S. The molecule has 7 nitrogen and oxygen atoms in total. The molecule has 2 aromatic heterocycles. The molecule has 2 heterocycles. The number of nitrogens with zero attached hydrogens (tertiary/aromatic N) is 2. The molecule has 210 valence electrons. The smallest absolute Gasteiger partial charge is 0.343 e. The van der Waals surface area contributed by atoms with E-state index in [1.165, 1.54) is 0 Å². The highest BCUT2D eigenvalue weighted by Crippen LogP contribution is 2.47. The topological polar surface area (TPSA) is 94.7 Å². The third-order valence-electron chi connectivity index (χ3n) is 7.55. The zero-order valence-electron chi connectivity index (χ0n) is 21.3. The Balaban J connectivity index is 1.19. The Morgan fingerprint density at radius 2 is 1.90 bits per heavy atom. The van der Waals surface area contributed by atoms with Crippen LogP contribution in [0.15, 0.2) is 28.8 Å². The van der Waals surface area contributed by atoms with E-state index in [-0.39, 0.29) is 27.9 Å². The minimum Gasteiger partial charge on any atom is -0.465 e. The van der Waals surface area contributed by atoms with Crippen molar-refractivity contribution in [1.82, 2.24) is 10.1 Å². The first-order chi connectivity index (χ1) is 19.2. The Morgan fingerprint density at radius 3 is 2.55 bits per heavy atom. The fourth-order valence-electron chi connectivity index (χ4n) is 5.18. The van der Waals surface area contributed by atoms with E-state index in [1.807, 2.05) is 0 Å². The molecule has 0 spiro atoms. The highest BCUT2D eigenvalue weighted by Gasteiger charge is 2.39. The van der Waals surface area contributed by atoms with Crippen LogP contribution in [0.1, 0.15) is 71.1 Å². The summed E-state index contributed by atoms with van der Waals surface area (Å²) in [7, 11) is 1.05. The lowest BCUT2D eigenvalue weighted by molar-refractivity contribution is -0.0640. The summed E-state index contributed by atoms with van der Waals surface area (Å²) in [5.41, 5.74) is -0.0626. The summed E-state index contributed by atoms with van der Waals surface area (Å²) in [5.74, 6) is -2.13. The van der Waals surface area contributed by atoms with E-state index in [4.69, 9.17) is 32.5 Å². The first kappa shape index (κ1) is 27.5. The molecular weight excluding hydrogens is 585 g/mol. The summed E-state index contributed by atoms with van der Waals surface area (Å²) in [6.07, 6.45) is 3.53. The summed E-state index contributed by atoms with van der Waals surface area (Å²) in [5, 5.41) is 16.9. The highest BCUT2D eigenvalue weighted by atomic mass is 35.5. The van der Waals surface area contributed by atoms with Gasteiger partial charge in [-0.2, -0.15) is 0 Å². The monoisotopic (exact) mass is 608 g/mol. The van der Waals surface area contributed by atoms with Crippen LogP contribution in [0.4, 0.5) is 8.78 Å². The number of rotatable bonds is 7. The molecule has 2 aliphatic carbocycles. The highest BCUT2D eigenvalue weighted by molar-refractivity contribution is 7.18. The number of fused-ring (bicyclic) bond motifs is 1. The van der Waals surface area contributed by atoms with Gasteiger partial charge < -0.3 is 19.1 Å². The Labute approximate surface area is 242 Å². The Morgan fingerprint density at radius 1 is 1.20 bits per heavy atom. The second-order valence-corrected chi connectivity index (χ2v) is 12.0. The lowest BCUT2D eigenvalue weighted by Gasteiger charge is -2.34. The van der Waals surface area contributed by atoms with E-state index in [0.29, 0.717) is 52.9 Å². The van der Waals surface area contributed by atoms with Crippen LogP contribution in [0, 0.1) is 11.6 Å². The summed E-state index contributed by atoms with van der Waals surface area (Å²) in [6.45, 7) is 0.247. The molecule has 2 aromatic carbocycles. The molecule has 2 saturated carbocycles. The van der Waals surface area contributed by atoms with Gasteiger partial charge in [-0.05, 0) is 50.7 Å². The van der Waals surface area contributed by atoms with Crippen molar-refractivity contribution < 1.29 is 32.7 Å². The number of carbonyl (C=O) groups is 1. The zero-order valence-corrected chi connectivity index (χ0v) is 23.6. The molecule has 6 rings (SSSR count). The number of ether oxygens (including phenoxy) is 2. The van der Waals surface area contributed by atoms with Gasteiger partial charge in [0, 0.05) is 23.1 Å². The molecule has 4 aromatic rings. The minimum absolute atomic E-state index is 0.00516. The summed E-state index contributed by atoms with van der Waals surface area (Å²) in [4.78, 5) is 16.2. The van der Waals surface area contributed by atoms with Crippen LogP contribution < -0.4 is 0 Å². The lowest BCUT2D eigenvalue weighted by Crippen LogP contribution is -2.34. The number of hydrogen-bond acceptors (Lipinski definition) is 8. The predicted molar refractivity (Wildman–Crippen MR) is 146 cm³/mol. The molecule has 2 fully saturated rings. The van der Waals surface area contributed by atoms with Crippen molar-refractivity contribution in [3.63, 3.8) is 0 Å². The Hall–Kier alpha value is -2.63. The number of benzene rings is 2. The molecule has 0 amide bonds. The number of carbonyl (C=O) groups excluding carboxylic acids is 1. The van der Waals surface area contributed by atoms with E-state index in [0.717, 1.165) is 48.7 Å². The zero-order chi connectivity index (χ0) is 28.2. The molecule has 0 atom stereocenters. The largest absolute Gasteiger partial charge is 0.465 e.